The van der Waals surface area contributed by atoms with Gasteiger partial charge in [0.05, 0.1) is 0 Å². The van der Waals surface area contributed by atoms with E-state index in [2.05, 4.69) is 39.2 Å². The van der Waals surface area contributed by atoms with Crippen molar-refractivity contribution in [1.82, 2.24) is 15.2 Å². The molecule has 19 heavy (non-hydrogen) atoms. The van der Waals surface area contributed by atoms with Crippen LogP contribution in [0.3, 0.4) is 0 Å². The molecular weight excluding hydrogens is 236 g/mol. The van der Waals surface area contributed by atoms with Crippen LogP contribution < -0.4 is 10.2 Å². The predicted octanol–water partition coefficient (Wildman–Crippen LogP) is 1.48. The Bertz CT molecular complexity index is 408. The monoisotopic (exact) mass is 260 g/mol. The van der Waals surface area contributed by atoms with Crippen molar-refractivity contribution >= 4 is 5.82 Å². The predicted molar refractivity (Wildman–Crippen MR) is 78.4 cm³/mol. The molecule has 2 heterocycles. The molecule has 0 atom stereocenters. The molecule has 2 fully saturated rings. The van der Waals surface area contributed by atoms with Crippen LogP contribution in [0.2, 0.25) is 0 Å². The van der Waals surface area contributed by atoms with Crippen molar-refractivity contribution in [2.75, 3.05) is 37.6 Å². The Labute approximate surface area is 115 Å². The number of piperazine rings is 1. The van der Waals surface area contributed by atoms with Crippen molar-refractivity contribution in [3.05, 3.63) is 23.9 Å². The number of hydrogen-bond donors (Lipinski definition) is 1. The van der Waals surface area contributed by atoms with Crippen molar-refractivity contribution in [2.45, 2.75) is 32.4 Å². The van der Waals surface area contributed by atoms with Gasteiger partial charge in [0, 0.05) is 45.0 Å². The molecule has 4 heteroatoms. The van der Waals surface area contributed by atoms with E-state index >= 15 is 0 Å². The molecule has 0 unspecified atom stereocenters. The van der Waals surface area contributed by atoms with E-state index in [1.165, 1.54) is 31.5 Å². The molecular formula is C15H24N4. The Morgan fingerprint density at radius 3 is 2.74 bits per heavy atom. The maximum atomic E-state index is 4.54. The average molecular weight is 260 g/mol. The molecule has 1 N–H and O–H groups in total. The zero-order valence-corrected chi connectivity index (χ0v) is 11.8. The van der Waals surface area contributed by atoms with Crippen molar-refractivity contribution in [3.8, 4) is 0 Å². The fraction of sp³-hybridized carbons (Fsp3) is 0.667. The first-order valence-corrected chi connectivity index (χ1v) is 7.51. The maximum Gasteiger partial charge on any atom is 0.128 e. The van der Waals surface area contributed by atoms with E-state index in [-0.39, 0.29) is 0 Å². The van der Waals surface area contributed by atoms with E-state index in [4.69, 9.17) is 0 Å². The van der Waals surface area contributed by atoms with Crippen LogP contribution in [0.1, 0.15) is 25.3 Å². The second-order valence-corrected chi connectivity index (χ2v) is 5.56. The normalized spacial score (nSPS) is 20.8. The third kappa shape index (κ3) is 3.25. The highest BCUT2D eigenvalue weighted by molar-refractivity contribution is 5.41. The van der Waals surface area contributed by atoms with Gasteiger partial charge in [0.25, 0.3) is 0 Å². The van der Waals surface area contributed by atoms with Gasteiger partial charge < -0.3 is 10.2 Å². The fourth-order valence-electron chi connectivity index (χ4n) is 2.77. The first-order chi connectivity index (χ1) is 9.36. The number of rotatable bonds is 5. The van der Waals surface area contributed by atoms with Crippen molar-refractivity contribution in [3.63, 3.8) is 0 Å². The summed E-state index contributed by atoms with van der Waals surface area (Å²) in [6.07, 6.45) is 4.77. The van der Waals surface area contributed by atoms with Crippen LogP contribution in [0.5, 0.6) is 0 Å². The van der Waals surface area contributed by atoms with Crippen molar-refractivity contribution in [1.29, 1.82) is 0 Å². The lowest BCUT2D eigenvalue weighted by atomic mass is 10.2. The van der Waals surface area contributed by atoms with E-state index < -0.39 is 0 Å². The topological polar surface area (TPSA) is 31.4 Å². The molecule has 104 valence electrons. The van der Waals surface area contributed by atoms with Gasteiger partial charge in [-0.25, -0.2) is 4.98 Å². The number of nitrogens with one attached hydrogen (secondary N) is 1. The molecule has 1 saturated heterocycles. The van der Waals surface area contributed by atoms with Gasteiger partial charge >= 0.3 is 0 Å². The number of nitrogens with zero attached hydrogens (tertiary/aromatic N) is 3. The third-order valence-corrected chi connectivity index (χ3v) is 4.09. The second kappa shape index (κ2) is 5.88. The zero-order valence-electron chi connectivity index (χ0n) is 11.8. The van der Waals surface area contributed by atoms with Gasteiger partial charge in [-0.3, -0.25) is 4.90 Å². The summed E-state index contributed by atoms with van der Waals surface area (Å²) in [6, 6.07) is 5.23. The first-order valence-electron chi connectivity index (χ1n) is 7.51. The lowest BCUT2D eigenvalue weighted by Crippen LogP contribution is -2.47. The minimum atomic E-state index is 0.898. The van der Waals surface area contributed by atoms with Gasteiger partial charge in [0.2, 0.25) is 0 Å². The van der Waals surface area contributed by atoms with Gasteiger partial charge in [0.1, 0.15) is 5.82 Å². The molecule has 4 nitrogen and oxygen atoms in total. The highest BCUT2D eigenvalue weighted by Crippen LogP contribution is 2.28. The van der Waals surface area contributed by atoms with Gasteiger partial charge in [0.15, 0.2) is 0 Å². The van der Waals surface area contributed by atoms with E-state index in [0.717, 1.165) is 38.0 Å². The van der Waals surface area contributed by atoms with Crippen LogP contribution in [0.4, 0.5) is 5.82 Å². The molecule has 1 aliphatic carbocycles. The van der Waals surface area contributed by atoms with Crippen LogP contribution >= 0.6 is 0 Å². The summed E-state index contributed by atoms with van der Waals surface area (Å²) in [5, 5.41) is 3.37. The van der Waals surface area contributed by atoms with E-state index in [1.54, 1.807) is 0 Å². The molecule has 1 saturated carbocycles. The summed E-state index contributed by atoms with van der Waals surface area (Å²) in [7, 11) is 0. The molecule has 1 aromatic heterocycles. The van der Waals surface area contributed by atoms with Crippen molar-refractivity contribution < 1.29 is 0 Å². The number of pyridine rings is 1. The van der Waals surface area contributed by atoms with Crippen LogP contribution in [0.15, 0.2) is 18.3 Å². The maximum absolute atomic E-state index is 4.54. The van der Waals surface area contributed by atoms with Crippen LogP contribution in [-0.2, 0) is 6.54 Å². The summed E-state index contributed by atoms with van der Waals surface area (Å²) < 4.78 is 0. The Morgan fingerprint density at radius 2 is 2.05 bits per heavy atom. The SMILES string of the molecule is CCNCc1ccnc(N2CCN(C3CC3)CC2)c1. The fourth-order valence-corrected chi connectivity index (χ4v) is 2.77. The molecule has 0 amide bonds. The Hall–Kier alpha value is -1.13. The lowest BCUT2D eigenvalue weighted by molar-refractivity contribution is 0.247. The van der Waals surface area contributed by atoms with Crippen LogP contribution in [-0.4, -0.2) is 48.6 Å². The van der Waals surface area contributed by atoms with Crippen LogP contribution in [0, 0.1) is 0 Å². The summed E-state index contributed by atoms with van der Waals surface area (Å²) >= 11 is 0. The Morgan fingerprint density at radius 1 is 1.26 bits per heavy atom. The largest absolute Gasteiger partial charge is 0.354 e. The molecule has 3 rings (SSSR count). The van der Waals surface area contributed by atoms with Gasteiger partial charge in [-0.05, 0) is 37.1 Å². The number of aromatic nitrogens is 1. The minimum Gasteiger partial charge on any atom is -0.354 e. The average Bonchev–Trinajstić information content (AvgIpc) is 3.30. The smallest absolute Gasteiger partial charge is 0.128 e. The molecule has 1 aliphatic heterocycles. The zero-order chi connectivity index (χ0) is 13.1. The first kappa shape index (κ1) is 12.9. The number of hydrogen-bond acceptors (Lipinski definition) is 4. The van der Waals surface area contributed by atoms with E-state index in [1.807, 2.05) is 6.20 Å². The summed E-state index contributed by atoms with van der Waals surface area (Å²) in [5.74, 6) is 1.14. The highest BCUT2D eigenvalue weighted by Gasteiger charge is 2.31. The molecule has 0 bridgehead atoms. The molecule has 2 aliphatic rings. The van der Waals surface area contributed by atoms with E-state index in [9.17, 15) is 0 Å². The third-order valence-electron chi connectivity index (χ3n) is 4.09. The highest BCUT2D eigenvalue weighted by atomic mass is 15.3. The van der Waals surface area contributed by atoms with Gasteiger partial charge in [-0.15, -0.1) is 0 Å². The molecule has 0 spiro atoms. The van der Waals surface area contributed by atoms with Gasteiger partial charge in [-0.1, -0.05) is 6.92 Å². The standard InChI is InChI=1S/C15H24N4/c1-2-16-12-13-5-6-17-15(11-13)19-9-7-18(8-10-19)14-3-4-14/h5-6,11,14,16H,2-4,7-10,12H2,1H3. The molecule has 1 aromatic rings. The quantitative estimate of drug-likeness (QED) is 0.869. The summed E-state index contributed by atoms with van der Waals surface area (Å²) in [6.45, 7) is 8.72. The van der Waals surface area contributed by atoms with Crippen LogP contribution in [0.25, 0.3) is 0 Å². The molecule has 0 radical (unpaired) electrons. The second-order valence-electron chi connectivity index (χ2n) is 5.56. The number of anilines is 1. The summed E-state index contributed by atoms with van der Waals surface area (Å²) in [5.41, 5.74) is 1.33. The minimum absolute atomic E-state index is 0.898. The Balaban J connectivity index is 1.59. The summed E-state index contributed by atoms with van der Waals surface area (Å²) in [4.78, 5) is 9.60. The molecule has 0 aromatic carbocycles. The van der Waals surface area contributed by atoms with Crippen molar-refractivity contribution in [2.24, 2.45) is 0 Å². The van der Waals surface area contributed by atoms with E-state index in [0.29, 0.717) is 0 Å². The lowest BCUT2D eigenvalue weighted by Gasteiger charge is -2.35. The Kier molecular flexibility index (Phi) is 3.99. The van der Waals surface area contributed by atoms with Gasteiger partial charge in [-0.2, -0.15) is 0 Å².